The van der Waals surface area contributed by atoms with E-state index in [0.717, 1.165) is 27.5 Å². The highest BCUT2D eigenvalue weighted by Crippen LogP contribution is 2.37. The van der Waals surface area contributed by atoms with Crippen molar-refractivity contribution in [2.45, 2.75) is 13.5 Å². The monoisotopic (exact) mass is 599 g/mol. The van der Waals surface area contributed by atoms with Gasteiger partial charge in [-0.3, -0.25) is 14.2 Å². The summed E-state index contributed by atoms with van der Waals surface area (Å²) in [6.45, 7) is 1.63. The zero-order chi connectivity index (χ0) is 28.5. The topological polar surface area (TPSA) is 90.3 Å². The Morgan fingerprint density at radius 2 is 1.68 bits per heavy atom. The molecule has 0 atom stereocenters. The van der Waals surface area contributed by atoms with Crippen LogP contribution in [-0.2, 0) is 16.1 Å². The molecule has 0 bridgehead atoms. The van der Waals surface area contributed by atoms with Crippen molar-refractivity contribution in [3.05, 3.63) is 105 Å². The van der Waals surface area contributed by atoms with Gasteiger partial charge >= 0.3 is 5.97 Å². The van der Waals surface area contributed by atoms with Gasteiger partial charge in [-0.15, -0.1) is 22.7 Å². The van der Waals surface area contributed by atoms with Crippen molar-refractivity contribution >= 4 is 72.1 Å². The quantitative estimate of drug-likeness (QED) is 0.192. The van der Waals surface area contributed by atoms with Gasteiger partial charge < -0.3 is 10.1 Å². The number of hydrogen-bond donors (Lipinski definition) is 1. The molecule has 6 rings (SSSR count). The molecule has 1 amide bonds. The summed E-state index contributed by atoms with van der Waals surface area (Å²) < 4.78 is 6.56. The lowest BCUT2D eigenvalue weighted by Crippen LogP contribution is -2.28. The van der Waals surface area contributed by atoms with Crippen LogP contribution in [0.15, 0.2) is 88.6 Å². The van der Waals surface area contributed by atoms with Gasteiger partial charge in [-0.05, 0) is 47.0 Å². The highest BCUT2D eigenvalue weighted by molar-refractivity contribution is 7.17. The van der Waals surface area contributed by atoms with Crippen molar-refractivity contribution in [1.82, 2.24) is 9.55 Å². The highest BCUT2D eigenvalue weighted by atomic mass is 35.5. The molecular formula is C31H22ClN3O4S2. The number of hydrogen-bond acceptors (Lipinski definition) is 7. The molecule has 1 N–H and O–H groups in total. The number of carbonyl (C=O) groups excluding carboxylic acids is 2. The fourth-order valence-electron chi connectivity index (χ4n) is 4.67. The SMILES string of the molecule is CCOC(=O)c1c(-c2ccc(Cl)cc2)csc1NC(=O)Cn1cnc2scc(-c3ccc4ccccc4c3)c2c1=O. The van der Waals surface area contributed by atoms with Crippen LogP contribution in [-0.4, -0.2) is 28.0 Å². The number of nitrogens with zero attached hydrogens (tertiary/aromatic N) is 2. The van der Waals surface area contributed by atoms with E-state index in [4.69, 9.17) is 16.3 Å². The van der Waals surface area contributed by atoms with E-state index in [2.05, 4.69) is 10.3 Å². The molecule has 3 aromatic carbocycles. The molecule has 0 aliphatic carbocycles. The van der Waals surface area contributed by atoms with Gasteiger partial charge in [0.1, 0.15) is 21.9 Å². The molecule has 0 aliphatic heterocycles. The first-order valence-corrected chi connectivity index (χ1v) is 14.9. The largest absolute Gasteiger partial charge is 0.462 e. The second-order valence-corrected chi connectivity index (χ2v) is 11.4. The van der Waals surface area contributed by atoms with E-state index in [1.807, 2.05) is 47.8 Å². The number of carbonyl (C=O) groups is 2. The second-order valence-electron chi connectivity index (χ2n) is 9.20. The maximum absolute atomic E-state index is 13.6. The molecule has 0 radical (unpaired) electrons. The van der Waals surface area contributed by atoms with Gasteiger partial charge in [0.15, 0.2) is 0 Å². The maximum atomic E-state index is 13.6. The van der Waals surface area contributed by atoms with Gasteiger partial charge in [0, 0.05) is 26.9 Å². The number of thiophene rings is 2. The number of esters is 1. The molecule has 0 saturated carbocycles. The van der Waals surface area contributed by atoms with E-state index in [1.54, 1.807) is 36.6 Å². The number of rotatable bonds is 7. The van der Waals surface area contributed by atoms with E-state index < -0.39 is 11.9 Å². The lowest BCUT2D eigenvalue weighted by atomic mass is 10.0. The molecule has 41 heavy (non-hydrogen) atoms. The third-order valence-electron chi connectivity index (χ3n) is 6.61. The van der Waals surface area contributed by atoms with E-state index in [0.29, 0.717) is 25.8 Å². The number of anilines is 1. The number of amides is 1. The van der Waals surface area contributed by atoms with Crippen LogP contribution in [0.25, 0.3) is 43.2 Å². The third kappa shape index (κ3) is 5.27. The van der Waals surface area contributed by atoms with Gasteiger partial charge in [0.05, 0.1) is 18.3 Å². The van der Waals surface area contributed by atoms with Gasteiger partial charge in [-0.2, -0.15) is 0 Å². The summed E-state index contributed by atoms with van der Waals surface area (Å²) in [6, 6.07) is 21.1. The van der Waals surface area contributed by atoms with Gasteiger partial charge in [-0.1, -0.05) is 60.1 Å². The van der Waals surface area contributed by atoms with Crippen LogP contribution in [0.1, 0.15) is 17.3 Å². The first-order chi connectivity index (χ1) is 19.9. The lowest BCUT2D eigenvalue weighted by molar-refractivity contribution is -0.116. The van der Waals surface area contributed by atoms with Crippen molar-refractivity contribution < 1.29 is 14.3 Å². The molecule has 204 valence electrons. The fraction of sp³-hybridized carbons (Fsp3) is 0.0968. The summed E-state index contributed by atoms with van der Waals surface area (Å²) in [5.41, 5.74) is 3.01. The predicted octanol–water partition coefficient (Wildman–Crippen LogP) is 7.48. The molecule has 0 fully saturated rings. The minimum atomic E-state index is -0.549. The van der Waals surface area contributed by atoms with Crippen LogP contribution < -0.4 is 10.9 Å². The van der Waals surface area contributed by atoms with Crippen LogP contribution >= 0.6 is 34.3 Å². The smallest absolute Gasteiger partial charge is 0.341 e. The van der Waals surface area contributed by atoms with Crippen molar-refractivity contribution in [2.24, 2.45) is 0 Å². The molecule has 6 aromatic rings. The third-order valence-corrected chi connectivity index (χ3v) is 8.65. The molecule has 0 unspecified atom stereocenters. The number of aromatic nitrogens is 2. The van der Waals surface area contributed by atoms with Crippen molar-refractivity contribution in [3.63, 3.8) is 0 Å². The average molecular weight is 600 g/mol. The zero-order valence-corrected chi connectivity index (χ0v) is 24.1. The summed E-state index contributed by atoms with van der Waals surface area (Å²) in [6.07, 6.45) is 1.38. The Morgan fingerprint density at radius 3 is 2.46 bits per heavy atom. The Morgan fingerprint density at radius 1 is 0.951 bits per heavy atom. The maximum Gasteiger partial charge on any atom is 0.341 e. The molecule has 0 spiro atoms. The summed E-state index contributed by atoms with van der Waals surface area (Å²) in [5.74, 6) is -1.02. The van der Waals surface area contributed by atoms with E-state index in [9.17, 15) is 14.4 Å². The Balaban J connectivity index is 1.31. The Hall–Kier alpha value is -4.31. The minimum absolute atomic E-state index is 0.184. The number of fused-ring (bicyclic) bond motifs is 2. The fourth-order valence-corrected chi connectivity index (χ4v) is 6.67. The normalized spacial score (nSPS) is 11.2. The second kappa shape index (κ2) is 11.3. The molecule has 10 heteroatoms. The van der Waals surface area contributed by atoms with Crippen LogP contribution in [0.4, 0.5) is 5.00 Å². The molecule has 0 aliphatic rings. The Kier molecular flexibility index (Phi) is 7.40. The van der Waals surface area contributed by atoms with E-state index in [1.165, 1.54) is 33.6 Å². The predicted molar refractivity (Wildman–Crippen MR) is 166 cm³/mol. The highest BCUT2D eigenvalue weighted by Gasteiger charge is 2.23. The van der Waals surface area contributed by atoms with Crippen LogP contribution in [0, 0.1) is 0 Å². The van der Waals surface area contributed by atoms with Crippen LogP contribution in [0.2, 0.25) is 5.02 Å². The molecule has 3 heterocycles. The molecule has 3 aromatic heterocycles. The molecule has 7 nitrogen and oxygen atoms in total. The number of ether oxygens (including phenoxy) is 1. The molecular weight excluding hydrogens is 578 g/mol. The number of halogens is 1. The summed E-state index contributed by atoms with van der Waals surface area (Å²) in [7, 11) is 0. The standard InChI is InChI=1S/C31H22ClN3O4S2/c1-2-39-31(38)27-23(19-9-11-22(32)12-10-19)15-41-29(27)34-25(36)14-35-17-33-28-26(30(35)37)24(16-40-28)21-8-7-18-5-3-4-6-20(18)13-21/h3-13,15-17H,2,14H2,1H3,(H,34,36). The minimum Gasteiger partial charge on any atom is -0.462 e. The first kappa shape index (κ1) is 26.9. The van der Waals surface area contributed by atoms with Crippen LogP contribution in [0.3, 0.4) is 0 Å². The number of benzene rings is 3. The van der Waals surface area contributed by atoms with Crippen molar-refractivity contribution in [3.8, 4) is 22.3 Å². The number of nitrogens with one attached hydrogen (secondary N) is 1. The first-order valence-electron chi connectivity index (χ1n) is 12.7. The summed E-state index contributed by atoms with van der Waals surface area (Å²) >= 11 is 8.63. The Labute approximate surface area is 247 Å². The van der Waals surface area contributed by atoms with Crippen molar-refractivity contribution in [2.75, 3.05) is 11.9 Å². The lowest BCUT2D eigenvalue weighted by Gasteiger charge is -2.10. The summed E-state index contributed by atoms with van der Waals surface area (Å²) in [4.78, 5) is 44.7. The van der Waals surface area contributed by atoms with Crippen LogP contribution in [0.5, 0.6) is 0 Å². The summed E-state index contributed by atoms with van der Waals surface area (Å²) in [5, 5.41) is 10.1. The zero-order valence-electron chi connectivity index (χ0n) is 21.7. The van der Waals surface area contributed by atoms with Gasteiger partial charge in [-0.25, -0.2) is 9.78 Å². The average Bonchev–Trinajstić information content (AvgIpc) is 3.60. The van der Waals surface area contributed by atoms with E-state index >= 15 is 0 Å². The van der Waals surface area contributed by atoms with Gasteiger partial charge in [0.2, 0.25) is 5.91 Å². The van der Waals surface area contributed by atoms with Crippen molar-refractivity contribution in [1.29, 1.82) is 0 Å². The van der Waals surface area contributed by atoms with E-state index in [-0.39, 0.29) is 24.3 Å². The van der Waals surface area contributed by atoms with Gasteiger partial charge in [0.25, 0.3) is 5.56 Å². The molecule has 0 saturated heterocycles. The Bertz CT molecular complexity index is 1990.